The standard InChI is InChI=1S/C19H23N3O2/c1-3-18(23)20-15-9-8-10-16(13-15)21-19(24)14-22(4-2)17-11-6-5-7-12-17/h5-13H,3-4,14H2,1-2H3,(H,20,23)(H,21,24). The number of rotatable bonds is 7. The molecule has 2 aromatic rings. The summed E-state index contributed by atoms with van der Waals surface area (Å²) >= 11 is 0. The Morgan fingerprint density at radius 1 is 0.875 bits per heavy atom. The first-order valence-corrected chi connectivity index (χ1v) is 8.12. The van der Waals surface area contributed by atoms with Crippen LogP contribution in [0, 0.1) is 0 Å². The fourth-order valence-electron chi connectivity index (χ4n) is 2.32. The number of nitrogens with one attached hydrogen (secondary N) is 2. The number of para-hydroxylation sites is 1. The van der Waals surface area contributed by atoms with E-state index in [0.717, 1.165) is 12.2 Å². The van der Waals surface area contributed by atoms with Gasteiger partial charge >= 0.3 is 0 Å². The van der Waals surface area contributed by atoms with Crippen LogP contribution in [0.2, 0.25) is 0 Å². The zero-order valence-electron chi connectivity index (χ0n) is 14.1. The molecule has 2 N–H and O–H groups in total. The van der Waals surface area contributed by atoms with E-state index in [1.807, 2.05) is 42.2 Å². The van der Waals surface area contributed by atoms with Crippen LogP contribution in [-0.4, -0.2) is 24.9 Å². The fraction of sp³-hybridized carbons (Fsp3) is 0.263. The van der Waals surface area contributed by atoms with Crippen LogP contribution >= 0.6 is 0 Å². The minimum absolute atomic E-state index is 0.0558. The van der Waals surface area contributed by atoms with E-state index in [1.165, 1.54) is 0 Å². The molecule has 0 atom stereocenters. The van der Waals surface area contributed by atoms with E-state index in [1.54, 1.807) is 31.2 Å². The molecule has 0 aliphatic carbocycles. The lowest BCUT2D eigenvalue weighted by Crippen LogP contribution is -2.33. The Morgan fingerprint density at radius 2 is 1.50 bits per heavy atom. The molecule has 0 aromatic heterocycles. The predicted molar refractivity (Wildman–Crippen MR) is 98.3 cm³/mol. The lowest BCUT2D eigenvalue weighted by atomic mass is 10.2. The molecule has 0 aliphatic rings. The molecular weight excluding hydrogens is 302 g/mol. The number of carbonyl (C=O) groups is 2. The highest BCUT2D eigenvalue weighted by Gasteiger charge is 2.10. The third-order valence-corrected chi connectivity index (χ3v) is 3.59. The maximum Gasteiger partial charge on any atom is 0.243 e. The van der Waals surface area contributed by atoms with Crippen molar-refractivity contribution in [2.24, 2.45) is 0 Å². The molecule has 0 radical (unpaired) electrons. The topological polar surface area (TPSA) is 61.4 Å². The summed E-state index contributed by atoms with van der Waals surface area (Å²) in [5, 5.41) is 5.66. The maximum absolute atomic E-state index is 12.3. The summed E-state index contributed by atoms with van der Waals surface area (Å²) in [5.41, 5.74) is 2.35. The summed E-state index contributed by atoms with van der Waals surface area (Å²) in [7, 11) is 0. The predicted octanol–water partition coefficient (Wildman–Crippen LogP) is 3.50. The van der Waals surface area contributed by atoms with Crippen LogP contribution in [0.3, 0.4) is 0 Å². The number of hydrogen-bond acceptors (Lipinski definition) is 3. The van der Waals surface area contributed by atoms with Crippen molar-refractivity contribution in [2.75, 3.05) is 28.6 Å². The van der Waals surface area contributed by atoms with Gasteiger partial charge in [-0.3, -0.25) is 9.59 Å². The average Bonchev–Trinajstić information content (AvgIpc) is 2.60. The van der Waals surface area contributed by atoms with Gasteiger partial charge in [-0.05, 0) is 37.3 Å². The number of carbonyl (C=O) groups excluding carboxylic acids is 2. The van der Waals surface area contributed by atoms with E-state index >= 15 is 0 Å². The third kappa shape index (κ3) is 5.12. The van der Waals surface area contributed by atoms with E-state index in [4.69, 9.17) is 0 Å². The summed E-state index contributed by atoms with van der Waals surface area (Å²) in [6, 6.07) is 17.0. The summed E-state index contributed by atoms with van der Waals surface area (Å²) in [4.78, 5) is 25.8. The van der Waals surface area contributed by atoms with Gasteiger partial charge in [-0.25, -0.2) is 0 Å². The highest BCUT2D eigenvalue weighted by Crippen LogP contribution is 2.16. The van der Waals surface area contributed by atoms with Crippen molar-refractivity contribution in [1.82, 2.24) is 0 Å². The maximum atomic E-state index is 12.3. The van der Waals surface area contributed by atoms with E-state index in [2.05, 4.69) is 10.6 Å². The molecule has 0 saturated heterocycles. The van der Waals surface area contributed by atoms with Gasteiger partial charge in [0.15, 0.2) is 0 Å². The Balaban J connectivity index is 1.99. The second kappa shape index (κ2) is 8.72. The van der Waals surface area contributed by atoms with E-state index < -0.39 is 0 Å². The smallest absolute Gasteiger partial charge is 0.243 e. The van der Waals surface area contributed by atoms with E-state index in [0.29, 0.717) is 17.8 Å². The van der Waals surface area contributed by atoms with Crippen LogP contribution in [0.15, 0.2) is 54.6 Å². The molecule has 0 bridgehead atoms. The summed E-state index contributed by atoms with van der Waals surface area (Å²) in [6.45, 7) is 4.82. The molecule has 0 unspecified atom stereocenters. The third-order valence-electron chi connectivity index (χ3n) is 3.59. The van der Waals surface area contributed by atoms with Crippen LogP contribution in [0.25, 0.3) is 0 Å². The van der Waals surface area contributed by atoms with Crippen LogP contribution in [0.5, 0.6) is 0 Å². The second-order valence-corrected chi connectivity index (χ2v) is 5.38. The van der Waals surface area contributed by atoms with Gasteiger partial charge in [-0.1, -0.05) is 31.2 Å². The van der Waals surface area contributed by atoms with Gasteiger partial charge in [0.05, 0.1) is 6.54 Å². The van der Waals surface area contributed by atoms with Gasteiger partial charge in [0.1, 0.15) is 0 Å². The molecular formula is C19H23N3O2. The highest BCUT2D eigenvalue weighted by atomic mass is 16.2. The molecule has 0 fully saturated rings. The minimum Gasteiger partial charge on any atom is -0.362 e. The number of anilines is 3. The van der Waals surface area contributed by atoms with Crippen molar-refractivity contribution in [2.45, 2.75) is 20.3 Å². The molecule has 5 nitrogen and oxygen atoms in total. The summed E-state index contributed by atoms with van der Waals surface area (Å²) < 4.78 is 0. The van der Waals surface area contributed by atoms with Crippen LogP contribution < -0.4 is 15.5 Å². The molecule has 5 heteroatoms. The van der Waals surface area contributed by atoms with E-state index in [-0.39, 0.29) is 18.4 Å². The van der Waals surface area contributed by atoms with Crippen molar-refractivity contribution in [3.05, 3.63) is 54.6 Å². The largest absolute Gasteiger partial charge is 0.362 e. The Labute approximate surface area is 142 Å². The molecule has 0 aliphatic heterocycles. The fourth-order valence-corrected chi connectivity index (χ4v) is 2.32. The monoisotopic (exact) mass is 325 g/mol. The van der Waals surface area contributed by atoms with Gasteiger partial charge in [-0.2, -0.15) is 0 Å². The van der Waals surface area contributed by atoms with Crippen molar-refractivity contribution >= 4 is 28.9 Å². The number of benzene rings is 2. The van der Waals surface area contributed by atoms with Crippen LogP contribution in [-0.2, 0) is 9.59 Å². The minimum atomic E-state index is -0.0975. The molecule has 24 heavy (non-hydrogen) atoms. The normalized spacial score (nSPS) is 10.1. The van der Waals surface area contributed by atoms with Crippen molar-refractivity contribution < 1.29 is 9.59 Å². The van der Waals surface area contributed by atoms with Gasteiger partial charge in [0.25, 0.3) is 0 Å². The Kier molecular flexibility index (Phi) is 6.37. The number of hydrogen-bond donors (Lipinski definition) is 2. The van der Waals surface area contributed by atoms with Gasteiger partial charge in [0.2, 0.25) is 11.8 Å². The first-order chi connectivity index (χ1) is 11.6. The SMILES string of the molecule is CCC(=O)Nc1cccc(NC(=O)CN(CC)c2ccccc2)c1. The van der Waals surface area contributed by atoms with Crippen molar-refractivity contribution in [3.8, 4) is 0 Å². The molecule has 2 amide bonds. The van der Waals surface area contributed by atoms with Crippen LogP contribution in [0.1, 0.15) is 20.3 Å². The first-order valence-electron chi connectivity index (χ1n) is 8.12. The molecule has 0 heterocycles. The van der Waals surface area contributed by atoms with Gasteiger partial charge < -0.3 is 15.5 Å². The quantitative estimate of drug-likeness (QED) is 0.819. The zero-order valence-corrected chi connectivity index (χ0v) is 14.1. The molecule has 126 valence electrons. The summed E-state index contributed by atoms with van der Waals surface area (Å²) in [6.07, 6.45) is 0.416. The molecule has 2 aromatic carbocycles. The Bertz CT molecular complexity index is 686. The Morgan fingerprint density at radius 3 is 2.08 bits per heavy atom. The number of likely N-dealkylation sites (N-methyl/N-ethyl adjacent to an activating group) is 1. The highest BCUT2D eigenvalue weighted by molar-refractivity contribution is 5.95. The number of amides is 2. The van der Waals surface area contributed by atoms with Crippen LogP contribution in [0.4, 0.5) is 17.1 Å². The first kappa shape index (κ1) is 17.5. The number of nitrogens with zero attached hydrogens (tertiary/aromatic N) is 1. The molecule has 0 saturated carbocycles. The Hall–Kier alpha value is -2.82. The van der Waals surface area contributed by atoms with Crippen molar-refractivity contribution in [1.29, 1.82) is 0 Å². The zero-order chi connectivity index (χ0) is 17.4. The van der Waals surface area contributed by atoms with Gasteiger partial charge in [0, 0.05) is 30.0 Å². The summed E-state index contributed by atoms with van der Waals surface area (Å²) in [5.74, 6) is -0.153. The van der Waals surface area contributed by atoms with Gasteiger partial charge in [-0.15, -0.1) is 0 Å². The second-order valence-electron chi connectivity index (χ2n) is 5.38. The lowest BCUT2D eigenvalue weighted by Gasteiger charge is -2.22. The molecule has 2 rings (SSSR count). The molecule has 0 spiro atoms. The van der Waals surface area contributed by atoms with Crippen molar-refractivity contribution in [3.63, 3.8) is 0 Å². The van der Waals surface area contributed by atoms with E-state index in [9.17, 15) is 9.59 Å². The lowest BCUT2D eigenvalue weighted by molar-refractivity contribution is -0.116. The average molecular weight is 325 g/mol.